The van der Waals surface area contributed by atoms with Crippen LogP contribution in [0.25, 0.3) is 0 Å². The van der Waals surface area contributed by atoms with Gasteiger partial charge in [-0.05, 0) is 48.7 Å². The lowest BCUT2D eigenvalue weighted by atomic mass is 9.99. The SMILES string of the molecule is COc1cc(C[C@@H](C#N)C(=O)Nc2cccc(C)c2)ccc1O. The molecule has 0 saturated heterocycles. The minimum Gasteiger partial charge on any atom is -0.504 e. The summed E-state index contributed by atoms with van der Waals surface area (Å²) in [6.45, 7) is 1.93. The number of hydrogen-bond acceptors (Lipinski definition) is 4. The van der Waals surface area contributed by atoms with Gasteiger partial charge in [-0.15, -0.1) is 0 Å². The number of hydrogen-bond donors (Lipinski definition) is 2. The Morgan fingerprint density at radius 1 is 1.35 bits per heavy atom. The molecule has 1 amide bonds. The molecule has 0 heterocycles. The molecular weight excluding hydrogens is 292 g/mol. The smallest absolute Gasteiger partial charge is 0.242 e. The summed E-state index contributed by atoms with van der Waals surface area (Å²) in [6, 6.07) is 14.2. The van der Waals surface area contributed by atoms with Crippen LogP contribution in [-0.2, 0) is 11.2 Å². The normalized spacial score (nSPS) is 11.3. The maximum atomic E-state index is 12.3. The van der Waals surface area contributed by atoms with E-state index in [1.54, 1.807) is 18.2 Å². The highest BCUT2D eigenvalue weighted by Gasteiger charge is 2.19. The Kier molecular flexibility index (Phi) is 5.21. The lowest BCUT2D eigenvalue weighted by molar-refractivity contribution is -0.118. The van der Waals surface area contributed by atoms with E-state index in [1.807, 2.05) is 31.2 Å². The molecule has 23 heavy (non-hydrogen) atoms. The number of aryl methyl sites for hydroxylation is 1. The number of benzene rings is 2. The van der Waals surface area contributed by atoms with Gasteiger partial charge < -0.3 is 15.2 Å². The standard InChI is InChI=1S/C18H18N2O3/c1-12-4-3-5-15(8-12)20-18(22)14(11-19)9-13-6-7-16(21)17(10-13)23-2/h3-8,10,14,21H,9H2,1-2H3,(H,20,22)/t14-/m0/s1. The number of rotatable bonds is 5. The van der Waals surface area contributed by atoms with Crippen molar-refractivity contribution in [3.8, 4) is 17.6 Å². The van der Waals surface area contributed by atoms with E-state index in [9.17, 15) is 15.2 Å². The molecule has 0 aliphatic carbocycles. The van der Waals surface area contributed by atoms with E-state index in [0.29, 0.717) is 11.4 Å². The van der Waals surface area contributed by atoms with Crippen LogP contribution in [-0.4, -0.2) is 18.1 Å². The fraction of sp³-hybridized carbons (Fsp3) is 0.222. The van der Waals surface area contributed by atoms with Crippen molar-refractivity contribution in [2.24, 2.45) is 5.92 Å². The van der Waals surface area contributed by atoms with Gasteiger partial charge in [-0.25, -0.2) is 0 Å². The average molecular weight is 310 g/mol. The molecule has 5 nitrogen and oxygen atoms in total. The zero-order chi connectivity index (χ0) is 16.8. The first kappa shape index (κ1) is 16.4. The van der Waals surface area contributed by atoms with Crippen LogP contribution in [0.4, 0.5) is 5.69 Å². The molecule has 0 aliphatic heterocycles. The van der Waals surface area contributed by atoms with Crippen molar-refractivity contribution >= 4 is 11.6 Å². The van der Waals surface area contributed by atoms with Crippen LogP contribution in [0.3, 0.4) is 0 Å². The van der Waals surface area contributed by atoms with E-state index in [2.05, 4.69) is 5.32 Å². The van der Waals surface area contributed by atoms with Crippen LogP contribution in [0, 0.1) is 24.2 Å². The lowest BCUT2D eigenvalue weighted by Gasteiger charge is -2.12. The van der Waals surface area contributed by atoms with E-state index < -0.39 is 5.92 Å². The molecule has 2 N–H and O–H groups in total. The van der Waals surface area contributed by atoms with Gasteiger partial charge in [-0.1, -0.05) is 18.2 Å². The molecule has 2 aromatic rings. The Hall–Kier alpha value is -3.00. The molecule has 0 aliphatic rings. The number of ether oxygens (including phenoxy) is 1. The average Bonchev–Trinajstić information content (AvgIpc) is 2.53. The van der Waals surface area contributed by atoms with Gasteiger partial charge in [0.1, 0.15) is 5.92 Å². The number of nitrogens with one attached hydrogen (secondary N) is 1. The summed E-state index contributed by atoms with van der Waals surface area (Å²) in [5, 5.41) is 21.6. The van der Waals surface area contributed by atoms with Crippen LogP contribution in [0.5, 0.6) is 11.5 Å². The van der Waals surface area contributed by atoms with Crippen LogP contribution >= 0.6 is 0 Å². The first-order valence-electron chi connectivity index (χ1n) is 7.16. The Morgan fingerprint density at radius 2 is 2.13 bits per heavy atom. The first-order chi connectivity index (χ1) is 11.0. The number of amides is 1. The number of anilines is 1. The van der Waals surface area contributed by atoms with Crippen LogP contribution < -0.4 is 10.1 Å². The van der Waals surface area contributed by atoms with E-state index in [1.165, 1.54) is 13.2 Å². The highest BCUT2D eigenvalue weighted by Crippen LogP contribution is 2.27. The van der Waals surface area contributed by atoms with Crippen molar-refractivity contribution in [2.45, 2.75) is 13.3 Å². The van der Waals surface area contributed by atoms with Gasteiger partial charge >= 0.3 is 0 Å². The fourth-order valence-electron chi connectivity index (χ4n) is 2.23. The second kappa shape index (κ2) is 7.32. The predicted molar refractivity (Wildman–Crippen MR) is 87.3 cm³/mol. The minimum absolute atomic E-state index is 0.0222. The molecule has 0 unspecified atom stereocenters. The molecule has 0 spiro atoms. The third-order valence-corrected chi connectivity index (χ3v) is 3.44. The molecular formula is C18H18N2O3. The summed E-state index contributed by atoms with van der Waals surface area (Å²) in [5.41, 5.74) is 2.43. The maximum absolute atomic E-state index is 12.3. The largest absolute Gasteiger partial charge is 0.504 e. The molecule has 0 aromatic heterocycles. The molecule has 1 atom stereocenters. The highest BCUT2D eigenvalue weighted by atomic mass is 16.5. The highest BCUT2D eigenvalue weighted by molar-refractivity contribution is 5.94. The molecule has 0 fully saturated rings. The summed E-state index contributed by atoms with van der Waals surface area (Å²) in [6.07, 6.45) is 0.241. The Balaban J connectivity index is 2.10. The molecule has 0 radical (unpaired) electrons. The van der Waals surface area contributed by atoms with Gasteiger partial charge in [0.2, 0.25) is 5.91 Å². The van der Waals surface area contributed by atoms with Gasteiger partial charge in [-0.2, -0.15) is 5.26 Å². The van der Waals surface area contributed by atoms with E-state index in [4.69, 9.17) is 4.74 Å². The van der Waals surface area contributed by atoms with Crippen molar-refractivity contribution in [2.75, 3.05) is 12.4 Å². The third kappa shape index (κ3) is 4.24. The molecule has 118 valence electrons. The summed E-state index contributed by atoms with van der Waals surface area (Å²) < 4.78 is 5.04. The van der Waals surface area contributed by atoms with Crippen molar-refractivity contribution < 1.29 is 14.6 Å². The number of aromatic hydroxyl groups is 1. The molecule has 0 saturated carbocycles. The topological polar surface area (TPSA) is 82.3 Å². The van der Waals surface area contributed by atoms with E-state index >= 15 is 0 Å². The van der Waals surface area contributed by atoms with Gasteiger partial charge in [0.25, 0.3) is 0 Å². The zero-order valence-electron chi connectivity index (χ0n) is 13.0. The van der Waals surface area contributed by atoms with Crippen LogP contribution in [0.15, 0.2) is 42.5 Å². The first-order valence-corrected chi connectivity index (χ1v) is 7.16. The van der Waals surface area contributed by atoms with Gasteiger partial charge in [0.15, 0.2) is 11.5 Å². The van der Waals surface area contributed by atoms with Crippen molar-refractivity contribution in [3.05, 3.63) is 53.6 Å². The monoisotopic (exact) mass is 310 g/mol. The maximum Gasteiger partial charge on any atom is 0.242 e. The number of nitriles is 1. The number of phenols is 1. The van der Waals surface area contributed by atoms with Crippen molar-refractivity contribution in [3.63, 3.8) is 0 Å². The summed E-state index contributed by atoms with van der Waals surface area (Å²) in [5.74, 6) is -0.845. The van der Waals surface area contributed by atoms with E-state index in [-0.39, 0.29) is 18.1 Å². The minimum atomic E-state index is -0.829. The second-order valence-electron chi connectivity index (χ2n) is 5.25. The van der Waals surface area contributed by atoms with Gasteiger partial charge in [0.05, 0.1) is 13.2 Å². The van der Waals surface area contributed by atoms with Crippen LogP contribution in [0.1, 0.15) is 11.1 Å². The van der Waals surface area contributed by atoms with Crippen molar-refractivity contribution in [1.82, 2.24) is 0 Å². The van der Waals surface area contributed by atoms with Crippen molar-refractivity contribution in [1.29, 1.82) is 5.26 Å². The fourth-order valence-corrected chi connectivity index (χ4v) is 2.23. The predicted octanol–water partition coefficient (Wildman–Crippen LogP) is 3.03. The zero-order valence-corrected chi connectivity index (χ0v) is 13.0. The Morgan fingerprint density at radius 3 is 2.78 bits per heavy atom. The number of nitrogens with zero attached hydrogens (tertiary/aromatic N) is 1. The number of carbonyl (C=O) groups is 1. The summed E-state index contributed by atoms with van der Waals surface area (Å²) >= 11 is 0. The molecule has 2 rings (SSSR count). The number of carbonyl (C=O) groups excluding carboxylic acids is 1. The molecule has 2 aromatic carbocycles. The third-order valence-electron chi connectivity index (χ3n) is 3.44. The van der Waals surface area contributed by atoms with Gasteiger partial charge in [0, 0.05) is 5.69 Å². The molecule has 5 heteroatoms. The number of phenolic OH excluding ortho intramolecular Hbond substituents is 1. The molecule has 0 bridgehead atoms. The van der Waals surface area contributed by atoms with Gasteiger partial charge in [-0.3, -0.25) is 4.79 Å². The van der Waals surface area contributed by atoms with E-state index in [0.717, 1.165) is 11.1 Å². The quantitative estimate of drug-likeness (QED) is 0.889. The summed E-state index contributed by atoms with van der Waals surface area (Å²) in [4.78, 5) is 12.3. The summed E-state index contributed by atoms with van der Waals surface area (Å²) in [7, 11) is 1.45. The number of methoxy groups -OCH3 is 1. The van der Waals surface area contributed by atoms with Crippen LogP contribution in [0.2, 0.25) is 0 Å². The Labute approximate surface area is 135 Å². The second-order valence-corrected chi connectivity index (χ2v) is 5.25. The lowest BCUT2D eigenvalue weighted by Crippen LogP contribution is -2.23. The Bertz CT molecular complexity index is 750.